The lowest BCUT2D eigenvalue weighted by molar-refractivity contribution is 0.299. The maximum Gasteiger partial charge on any atom is 0.266 e. The van der Waals surface area contributed by atoms with Crippen molar-refractivity contribution >= 4 is 11.4 Å². The highest BCUT2D eigenvalue weighted by atomic mass is 19.1. The minimum atomic E-state index is -0.296. The Hall–Kier alpha value is -3.66. The molecule has 208 valence electrons. The van der Waals surface area contributed by atoms with Crippen LogP contribution in [0.3, 0.4) is 0 Å². The van der Waals surface area contributed by atoms with Crippen LogP contribution < -0.4 is 17.0 Å². The lowest BCUT2D eigenvalue weighted by atomic mass is 10.0. The van der Waals surface area contributed by atoms with Crippen LogP contribution in [0.5, 0.6) is 0 Å². The first-order valence-corrected chi connectivity index (χ1v) is 13.2. The first-order chi connectivity index (χ1) is 18.9. The number of aryl methyl sites for hydroxylation is 1. The van der Waals surface area contributed by atoms with Gasteiger partial charge in [0.15, 0.2) is 0 Å². The molecule has 0 amide bonds. The molecule has 3 heterocycles. The van der Waals surface area contributed by atoms with Crippen molar-refractivity contribution in [3.8, 4) is 11.3 Å². The molecular formula is C30H38F2N6O. The summed E-state index contributed by atoms with van der Waals surface area (Å²) in [6.07, 6.45) is 13.9. The zero-order chi connectivity index (χ0) is 28.2. The number of nitrogens with zero attached hydrogens (tertiary/aromatic N) is 4. The monoisotopic (exact) mass is 536 g/mol. The summed E-state index contributed by atoms with van der Waals surface area (Å²) < 4.78 is 29.1. The average Bonchev–Trinajstić information content (AvgIpc) is 3.31. The molecule has 0 aliphatic carbocycles. The van der Waals surface area contributed by atoms with Crippen molar-refractivity contribution in [2.75, 3.05) is 32.7 Å². The Morgan fingerprint density at radius 2 is 1.87 bits per heavy atom. The van der Waals surface area contributed by atoms with E-state index >= 15 is 0 Å². The number of halogens is 2. The van der Waals surface area contributed by atoms with E-state index in [0.29, 0.717) is 31.0 Å². The molecule has 0 saturated heterocycles. The number of hydrogen-bond acceptors (Lipinski definition) is 5. The number of benzene rings is 1. The smallest absolute Gasteiger partial charge is 0.266 e. The van der Waals surface area contributed by atoms with Gasteiger partial charge in [-0.05, 0) is 93.4 Å². The number of imidazole rings is 1. The van der Waals surface area contributed by atoms with Gasteiger partial charge >= 0.3 is 0 Å². The molecule has 0 fully saturated rings. The van der Waals surface area contributed by atoms with Gasteiger partial charge in [0, 0.05) is 32.0 Å². The molecule has 4 rings (SSSR count). The topological polar surface area (TPSA) is 94.6 Å². The highest BCUT2D eigenvalue weighted by Crippen LogP contribution is 2.24. The molecule has 4 N–H and O–H groups in total. The second-order valence-corrected chi connectivity index (χ2v) is 9.17. The van der Waals surface area contributed by atoms with Crippen molar-refractivity contribution in [1.29, 1.82) is 0 Å². The van der Waals surface area contributed by atoms with Crippen LogP contribution in [-0.2, 0) is 6.54 Å². The second kappa shape index (κ2) is 15.1. The minimum Gasteiger partial charge on any atom is -0.330 e. The van der Waals surface area contributed by atoms with Gasteiger partial charge in [-0.25, -0.2) is 13.8 Å². The van der Waals surface area contributed by atoms with Gasteiger partial charge in [-0.1, -0.05) is 24.8 Å². The number of fused-ring (bicyclic) bond motifs is 1. The Balaban J connectivity index is 0.000000459. The van der Waals surface area contributed by atoms with Crippen LogP contribution in [0.1, 0.15) is 31.7 Å². The Morgan fingerprint density at radius 3 is 2.49 bits per heavy atom. The summed E-state index contributed by atoms with van der Waals surface area (Å²) in [4.78, 5) is 20.3. The number of aromatic nitrogens is 3. The minimum absolute atomic E-state index is 0.0819. The van der Waals surface area contributed by atoms with Crippen LogP contribution in [0.15, 0.2) is 84.2 Å². The molecule has 9 heteroatoms. The van der Waals surface area contributed by atoms with E-state index in [1.54, 1.807) is 41.9 Å². The molecular weight excluding hydrogens is 498 g/mol. The zero-order valence-electron chi connectivity index (χ0n) is 22.5. The summed E-state index contributed by atoms with van der Waals surface area (Å²) in [6.45, 7) is 9.64. The largest absolute Gasteiger partial charge is 0.330 e. The van der Waals surface area contributed by atoms with E-state index < -0.39 is 0 Å². The van der Waals surface area contributed by atoms with E-state index in [2.05, 4.69) is 22.5 Å². The molecule has 7 nitrogen and oxygen atoms in total. The fourth-order valence-electron chi connectivity index (χ4n) is 4.42. The Morgan fingerprint density at radius 1 is 1.15 bits per heavy atom. The third-order valence-corrected chi connectivity index (χ3v) is 6.40. The fraction of sp³-hybridized carbons (Fsp3) is 0.333. The maximum atomic E-state index is 13.4. The van der Waals surface area contributed by atoms with E-state index in [1.165, 1.54) is 30.4 Å². The Kier molecular flexibility index (Phi) is 11.5. The van der Waals surface area contributed by atoms with Crippen molar-refractivity contribution in [1.82, 2.24) is 18.9 Å². The van der Waals surface area contributed by atoms with Crippen molar-refractivity contribution < 1.29 is 8.78 Å². The standard InChI is InChI=1S/C23H29FN6O.C7H9F/c24-19-5-3-18(4-6-19)21-16-30-22(31)20(15-27-23(30)29(21)12-2-10-26)17-7-13-28(14-8-17)11-1-9-25;1-3-5-7(8)6-4-2/h3-7,15-16H,1-2,8-14,25-26H2;3-6H,1H2,2H3/b;6-4-,7-5+. The van der Waals surface area contributed by atoms with Crippen molar-refractivity contribution in [2.24, 2.45) is 11.5 Å². The first-order valence-electron chi connectivity index (χ1n) is 13.2. The van der Waals surface area contributed by atoms with Crippen LogP contribution in [0.4, 0.5) is 8.78 Å². The van der Waals surface area contributed by atoms with Gasteiger partial charge in [0.25, 0.3) is 5.56 Å². The first kappa shape index (κ1) is 29.9. The van der Waals surface area contributed by atoms with Crippen LogP contribution in [-0.4, -0.2) is 51.6 Å². The van der Waals surface area contributed by atoms with Crippen molar-refractivity contribution in [2.45, 2.75) is 32.7 Å². The van der Waals surface area contributed by atoms with Gasteiger partial charge in [-0.3, -0.25) is 14.1 Å². The molecule has 0 atom stereocenters. The number of rotatable bonds is 10. The number of allylic oxidation sites excluding steroid dienone is 5. The summed E-state index contributed by atoms with van der Waals surface area (Å²) >= 11 is 0. The van der Waals surface area contributed by atoms with Gasteiger partial charge in [0.05, 0.1) is 11.3 Å². The summed E-state index contributed by atoms with van der Waals surface area (Å²) in [5.41, 5.74) is 14.6. The molecule has 2 aromatic heterocycles. The highest BCUT2D eigenvalue weighted by molar-refractivity contribution is 5.68. The van der Waals surface area contributed by atoms with Gasteiger partial charge in [-0.15, -0.1) is 0 Å². The van der Waals surface area contributed by atoms with Crippen molar-refractivity contribution in [3.05, 3.63) is 101 Å². The number of nitrogens with two attached hydrogens (primary N) is 2. The molecule has 3 aromatic rings. The maximum absolute atomic E-state index is 13.4. The molecule has 0 spiro atoms. The molecule has 1 aliphatic heterocycles. The molecule has 0 bridgehead atoms. The molecule has 1 aromatic carbocycles. The van der Waals surface area contributed by atoms with E-state index in [1.807, 2.05) is 4.57 Å². The van der Waals surface area contributed by atoms with E-state index in [4.69, 9.17) is 11.5 Å². The summed E-state index contributed by atoms with van der Waals surface area (Å²) in [6, 6.07) is 6.28. The molecule has 0 radical (unpaired) electrons. The third kappa shape index (κ3) is 7.92. The Bertz CT molecular complexity index is 1380. The van der Waals surface area contributed by atoms with Gasteiger partial charge < -0.3 is 16.0 Å². The summed E-state index contributed by atoms with van der Waals surface area (Å²) in [5.74, 6) is 0.0145. The van der Waals surface area contributed by atoms with Crippen molar-refractivity contribution in [3.63, 3.8) is 0 Å². The summed E-state index contributed by atoms with van der Waals surface area (Å²) in [7, 11) is 0. The third-order valence-electron chi connectivity index (χ3n) is 6.40. The lowest BCUT2D eigenvalue weighted by Gasteiger charge is -2.25. The normalized spacial score (nSPS) is 14.4. The second-order valence-electron chi connectivity index (χ2n) is 9.17. The van der Waals surface area contributed by atoms with E-state index in [0.717, 1.165) is 55.7 Å². The molecule has 1 aliphatic rings. The quantitative estimate of drug-likeness (QED) is 0.367. The van der Waals surface area contributed by atoms with Gasteiger partial charge in [-0.2, -0.15) is 0 Å². The lowest BCUT2D eigenvalue weighted by Crippen LogP contribution is -2.31. The SMILES string of the molecule is C=C/C=C(F)\C=C/C.NCCCN1CC=C(c2cnc3n(CCCN)c(-c4ccc(F)cc4)cn3c2=O)CC1. The van der Waals surface area contributed by atoms with Crippen LogP contribution in [0.2, 0.25) is 0 Å². The number of hydrogen-bond donors (Lipinski definition) is 2. The molecule has 0 saturated carbocycles. The summed E-state index contributed by atoms with van der Waals surface area (Å²) in [5, 5.41) is 0. The Labute approximate surface area is 228 Å². The van der Waals surface area contributed by atoms with Crippen LogP contribution >= 0.6 is 0 Å². The zero-order valence-corrected chi connectivity index (χ0v) is 22.5. The molecule has 39 heavy (non-hydrogen) atoms. The predicted octanol–water partition coefficient (Wildman–Crippen LogP) is 4.69. The van der Waals surface area contributed by atoms with Gasteiger partial charge in [0.1, 0.15) is 11.6 Å². The van der Waals surface area contributed by atoms with Gasteiger partial charge in [0.2, 0.25) is 5.78 Å². The van der Waals surface area contributed by atoms with Crippen LogP contribution in [0.25, 0.3) is 22.6 Å². The molecule has 0 unspecified atom stereocenters. The van der Waals surface area contributed by atoms with Crippen LogP contribution in [0, 0.1) is 5.82 Å². The highest BCUT2D eigenvalue weighted by Gasteiger charge is 2.19. The predicted molar refractivity (Wildman–Crippen MR) is 155 cm³/mol. The van der Waals surface area contributed by atoms with E-state index in [-0.39, 0.29) is 17.2 Å². The fourth-order valence-corrected chi connectivity index (χ4v) is 4.42. The average molecular weight is 537 g/mol. The van der Waals surface area contributed by atoms with E-state index in [9.17, 15) is 13.6 Å².